The van der Waals surface area contributed by atoms with Gasteiger partial charge in [-0.25, -0.2) is 0 Å². The van der Waals surface area contributed by atoms with Crippen molar-refractivity contribution in [2.45, 2.75) is 61.4 Å². The minimum atomic E-state index is -1.84. The maximum Gasteiger partial charge on any atom is 0.317 e. The molecule has 0 unspecified atom stereocenters. The number of hydrogen-bond donors (Lipinski definition) is 7. The first kappa shape index (κ1) is 30.6. The Morgan fingerprint density at radius 3 is 2.49 bits per heavy atom. The molecule has 3 aliphatic rings. The summed E-state index contributed by atoms with van der Waals surface area (Å²) in [5, 5.41) is 49.7. The van der Waals surface area contributed by atoms with Gasteiger partial charge in [-0.15, -0.1) is 0 Å². The summed E-state index contributed by atoms with van der Waals surface area (Å²) in [6.45, 7) is -0.298. The molecule has 2 aromatic carbocycles. The Labute approximate surface area is 244 Å². The molecular formula is C27H32N2O14. The van der Waals surface area contributed by atoms with Gasteiger partial charge in [0.05, 0.1) is 25.8 Å². The van der Waals surface area contributed by atoms with Crippen molar-refractivity contribution in [2.75, 3.05) is 20.5 Å². The summed E-state index contributed by atoms with van der Waals surface area (Å²) in [6.07, 6.45) is -13.1. The van der Waals surface area contributed by atoms with Crippen molar-refractivity contribution in [3.63, 3.8) is 0 Å². The zero-order chi connectivity index (χ0) is 31.0. The normalized spacial score (nSPS) is 28.0. The minimum Gasteiger partial charge on any atom is -0.492 e. The Balaban J connectivity index is 1.34. The number of rotatable bonds is 10. The fourth-order valence-electron chi connectivity index (χ4n) is 5.37. The summed E-state index contributed by atoms with van der Waals surface area (Å²) in [5.41, 5.74) is 12.9. The van der Waals surface area contributed by atoms with E-state index in [1.807, 2.05) is 6.07 Å². The Bertz CT molecular complexity index is 1360. The summed E-state index contributed by atoms with van der Waals surface area (Å²) in [7, 11) is 1.46. The maximum absolute atomic E-state index is 12.0. The zero-order valence-corrected chi connectivity index (χ0v) is 22.8. The number of carbonyl (C=O) groups excluding carboxylic acids is 1. The largest absolute Gasteiger partial charge is 0.492 e. The minimum absolute atomic E-state index is 0.145. The lowest BCUT2D eigenvalue weighted by atomic mass is 9.89. The SMILES string of the molecule is COc1c(OCO)ccc2c1O[C@@H]1c3ccc(O[C@H]4O[C@H]([C@H](OC(=O)CC(=O)O)C(N)N)[C@@H](O)[C@H](O)[C@H]4O)cc3OC[C@@H]21. The highest BCUT2D eigenvalue weighted by Gasteiger charge is 2.50. The van der Waals surface area contributed by atoms with Crippen LogP contribution in [-0.4, -0.2) is 101 Å². The monoisotopic (exact) mass is 608 g/mol. The van der Waals surface area contributed by atoms with Crippen LogP contribution in [0.5, 0.6) is 28.7 Å². The van der Waals surface area contributed by atoms with E-state index in [1.54, 1.807) is 18.2 Å². The van der Waals surface area contributed by atoms with Gasteiger partial charge >= 0.3 is 11.9 Å². The number of benzene rings is 2. The third kappa shape index (κ3) is 5.85. The first-order chi connectivity index (χ1) is 20.5. The summed E-state index contributed by atoms with van der Waals surface area (Å²) in [6, 6.07) is 8.26. The number of esters is 1. The molecule has 0 bridgehead atoms. The van der Waals surface area contributed by atoms with E-state index < -0.39 is 74.2 Å². The molecule has 0 spiro atoms. The van der Waals surface area contributed by atoms with E-state index in [9.17, 15) is 30.0 Å². The first-order valence-corrected chi connectivity index (χ1v) is 13.2. The molecule has 9 N–H and O–H groups in total. The number of aliphatic hydroxyl groups is 4. The van der Waals surface area contributed by atoms with E-state index >= 15 is 0 Å². The number of methoxy groups -OCH3 is 1. The number of ether oxygens (including phenoxy) is 7. The molecule has 234 valence electrons. The van der Waals surface area contributed by atoms with Crippen molar-refractivity contribution in [3.05, 3.63) is 41.5 Å². The van der Waals surface area contributed by atoms with Crippen LogP contribution in [0.2, 0.25) is 0 Å². The van der Waals surface area contributed by atoms with Crippen LogP contribution in [-0.2, 0) is 19.1 Å². The Morgan fingerprint density at radius 1 is 1.07 bits per heavy atom. The van der Waals surface area contributed by atoms with Gasteiger partial charge in [-0.1, -0.05) is 6.07 Å². The van der Waals surface area contributed by atoms with Crippen LogP contribution in [0.4, 0.5) is 0 Å². The van der Waals surface area contributed by atoms with Gasteiger partial charge in [0.2, 0.25) is 12.0 Å². The molecule has 3 heterocycles. The highest BCUT2D eigenvalue weighted by Crippen LogP contribution is 2.56. The molecule has 1 saturated heterocycles. The standard InChI is InChI=1S/C27H32N2O14/c1-37-23-14(39-9-30)5-4-11-13-8-38-15-6-10(2-3-12(15)21(13)42-22(11)23)40-27-20(36)18(34)19(35)24(43-27)25(26(28)29)41-17(33)7-16(31)32/h2-6,13,18-21,24-27,30,34-36H,7-9,28-29H2,1H3,(H,31,32)/t13-,18-,19-,20+,21+,24-,25-,27-/m0/s1. The second-order valence-electron chi connectivity index (χ2n) is 10.1. The average molecular weight is 609 g/mol. The van der Waals surface area contributed by atoms with E-state index in [1.165, 1.54) is 13.2 Å². The Hall–Kier alpha value is -3.90. The molecule has 1 fully saturated rings. The zero-order valence-electron chi connectivity index (χ0n) is 22.8. The number of hydrogen-bond acceptors (Lipinski definition) is 15. The van der Waals surface area contributed by atoms with Crippen molar-refractivity contribution >= 4 is 11.9 Å². The molecular weight excluding hydrogens is 576 g/mol. The molecule has 0 aliphatic carbocycles. The van der Waals surface area contributed by atoms with Crippen molar-refractivity contribution in [3.8, 4) is 28.7 Å². The van der Waals surface area contributed by atoms with Crippen LogP contribution in [0, 0.1) is 0 Å². The molecule has 16 nitrogen and oxygen atoms in total. The van der Waals surface area contributed by atoms with Crippen LogP contribution in [0.1, 0.15) is 29.6 Å². The molecule has 0 aromatic heterocycles. The number of carboxylic acids is 1. The van der Waals surface area contributed by atoms with Gasteiger partial charge in [0.15, 0.2) is 24.4 Å². The lowest BCUT2D eigenvalue weighted by Crippen LogP contribution is -2.66. The van der Waals surface area contributed by atoms with Gasteiger partial charge in [-0.3, -0.25) is 9.59 Å². The van der Waals surface area contributed by atoms with E-state index in [0.717, 1.165) is 5.56 Å². The topological polar surface area (TPSA) is 252 Å². The second kappa shape index (κ2) is 12.4. The molecule has 16 heteroatoms. The Morgan fingerprint density at radius 2 is 1.81 bits per heavy atom. The smallest absolute Gasteiger partial charge is 0.317 e. The van der Waals surface area contributed by atoms with Crippen molar-refractivity contribution in [1.82, 2.24) is 0 Å². The Kier molecular flexibility index (Phi) is 8.79. The number of carbonyl (C=O) groups is 2. The first-order valence-electron chi connectivity index (χ1n) is 13.2. The molecule has 5 rings (SSSR count). The lowest BCUT2D eigenvalue weighted by Gasteiger charge is -2.43. The fraction of sp³-hybridized carbons (Fsp3) is 0.481. The molecule has 2 aromatic rings. The highest BCUT2D eigenvalue weighted by atomic mass is 16.7. The lowest BCUT2D eigenvalue weighted by molar-refractivity contribution is -0.291. The third-order valence-electron chi connectivity index (χ3n) is 7.38. The van der Waals surface area contributed by atoms with E-state index in [2.05, 4.69) is 0 Å². The van der Waals surface area contributed by atoms with Crippen LogP contribution in [0.15, 0.2) is 30.3 Å². The third-order valence-corrected chi connectivity index (χ3v) is 7.38. The van der Waals surface area contributed by atoms with Crippen LogP contribution in [0.3, 0.4) is 0 Å². The second-order valence-corrected chi connectivity index (χ2v) is 10.1. The summed E-state index contributed by atoms with van der Waals surface area (Å²) in [5.74, 6) is -1.17. The number of aliphatic carboxylic acids is 1. The van der Waals surface area contributed by atoms with Crippen molar-refractivity contribution in [2.24, 2.45) is 11.5 Å². The molecule has 0 saturated carbocycles. The van der Waals surface area contributed by atoms with E-state index in [-0.39, 0.29) is 18.3 Å². The molecule has 0 radical (unpaired) electrons. The molecule has 8 atom stereocenters. The predicted octanol–water partition coefficient (Wildman–Crippen LogP) is -1.55. The predicted molar refractivity (Wildman–Crippen MR) is 140 cm³/mol. The fourth-order valence-corrected chi connectivity index (χ4v) is 5.37. The van der Waals surface area contributed by atoms with Gasteiger partial charge in [0, 0.05) is 17.2 Å². The van der Waals surface area contributed by atoms with Gasteiger partial charge in [0.1, 0.15) is 48.4 Å². The molecule has 3 aliphatic heterocycles. The summed E-state index contributed by atoms with van der Waals surface area (Å²) < 4.78 is 39.4. The van der Waals surface area contributed by atoms with Crippen molar-refractivity contribution in [1.29, 1.82) is 0 Å². The van der Waals surface area contributed by atoms with Gasteiger partial charge in [0.25, 0.3) is 0 Å². The molecule has 43 heavy (non-hydrogen) atoms. The summed E-state index contributed by atoms with van der Waals surface area (Å²) in [4.78, 5) is 22.8. The van der Waals surface area contributed by atoms with Gasteiger partial charge < -0.3 is 70.2 Å². The van der Waals surface area contributed by atoms with Gasteiger partial charge in [-0.2, -0.15) is 0 Å². The highest BCUT2D eigenvalue weighted by molar-refractivity contribution is 5.90. The van der Waals surface area contributed by atoms with Gasteiger partial charge in [-0.05, 0) is 18.2 Å². The van der Waals surface area contributed by atoms with Crippen LogP contribution < -0.4 is 35.2 Å². The van der Waals surface area contributed by atoms with E-state index in [0.29, 0.717) is 28.6 Å². The average Bonchev–Trinajstić information content (AvgIpc) is 3.35. The molecule has 0 amide bonds. The maximum atomic E-state index is 12.0. The number of nitrogens with two attached hydrogens (primary N) is 2. The summed E-state index contributed by atoms with van der Waals surface area (Å²) >= 11 is 0. The van der Waals surface area contributed by atoms with Crippen LogP contribution >= 0.6 is 0 Å². The van der Waals surface area contributed by atoms with E-state index in [4.69, 9.17) is 49.7 Å². The number of carboxylic acid groups (broad SMARTS) is 1. The number of fused-ring (bicyclic) bond motifs is 5. The quantitative estimate of drug-likeness (QED) is 0.0915. The van der Waals surface area contributed by atoms with Crippen molar-refractivity contribution < 1.29 is 68.3 Å². The number of aliphatic hydroxyl groups excluding tert-OH is 4. The van der Waals surface area contributed by atoms with Crippen LogP contribution in [0.25, 0.3) is 0 Å².